The third kappa shape index (κ3) is 5.06. The molecule has 4 nitrogen and oxygen atoms in total. The van der Waals surface area contributed by atoms with E-state index >= 15 is 0 Å². The zero-order chi connectivity index (χ0) is 31.9. The maximum absolute atomic E-state index is 5.10. The lowest BCUT2D eigenvalue weighted by Crippen LogP contribution is -2.00. The molecular formula is C44H28N4. The van der Waals surface area contributed by atoms with Gasteiger partial charge in [-0.3, -0.25) is 0 Å². The first-order valence-electron chi connectivity index (χ1n) is 16.1. The normalized spacial score (nSPS) is 11.3. The van der Waals surface area contributed by atoms with Gasteiger partial charge in [0.2, 0.25) is 0 Å². The van der Waals surface area contributed by atoms with Crippen molar-refractivity contribution in [3.8, 4) is 56.5 Å². The summed E-state index contributed by atoms with van der Waals surface area (Å²) in [6.45, 7) is 0. The summed E-state index contributed by atoms with van der Waals surface area (Å²) in [5.74, 6) is 1.87. The molecule has 0 bridgehead atoms. The second kappa shape index (κ2) is 11.7. The predicted molar refractivity (Wildman–Crippen MR) is 197 cm³/mol. The van der Waals surface area contributed by atoms with Crippen molar-refractivity contribution in [3.63, 3.8) is 0 Å². The molecule has 0 fully saturated rings. The molecule has 0 spiro atoms. The Morgan fingerprint density at radius 3 is 1.52 bits per heavy atom. The van der Waals surface area contributed by atoms with Gasteiger partial charge >= 0.3 is 0 Å². The van der Waals surface area contributed by atoms with E-state index in [0.29, 0.717) is 17.5 Å². The van der Waals surface area contributed by atoms with Gasteiger partial charge < -0.3 is 0 Å². The van der Waals surface area contributed by atoms with Crippen molar-refractivity contribution in [3.05, 3.63) is 170 Å². The van der Waals surface area contributed by atoms with Crippen LogP contribution in [-0.4, -0.2) is 19.9 Å². The average Bonchev–Trinajstić information content (AvgIpc) is 3.17. The van der Waals surface area contributed by atoms with Crippen LogP contribution in [0.25, 0.3) is 89.0 Å². The molecule has 2 aromatic heterocycles. The van der Waals surface area contributed by atoms with E-state index in [4.69, 9.17) is 19.9 Å². The molecule has 0 unspecified atom stereocenters. The number of fused-ring (bicyclic) bond motifs is 4. The zero-order valence-corrected chi connectivity index (χ0v) is 26.0. The molecule has 0 radical (unpaired) electrons. The molecule has 7 aromatic carbocycles. The van der Waals surface area contributed by atoms with Crippen molar-refractivity contribution in [1.29, 1.82) is 0 Å². The van der Waals surface area contributed by atoms with Gasteiger partial charge in [-0.25, -0.2) is 19.9 Å². The first-order chi connectivity index (χ1) is 23.8. The third-order valence-corrected chi connectivity index (χ3v) is 8.86. The third-order valence-electron chi connectivity index (χ3n) is 8.86. The Morgan fingerprint density at radius 1 is 0.292 bits per heavy atom. The number of hydrogen-bond donors (Lipinski definition) is 0. The van der Waals surface area contributed by atoms with Gasteiger partial charge in [0.15, 0.2) is 17.5 Å². The molecule has 0 saturated heterocycles. The van der Waals surface area contributed by atoms with E-state index in [1.807, 2.05) is 72.8 Å². The van der Waals surface area contributed by atoms with E-state index in [2.05, 4.69) is 97.1 Å². The van der Waals surface area contributed by atoms with Crippen molar-refractivity contribution in [1.82, 2.24) is 19.9 Å². The fourth-order valence-corrected chi connectivity index (χ4v) is 6.52. The quantitative estimate of drug-likeness (QED) is 0.181. The minimum absolute atomic E-state index is 0.608. The van der Waals surface area contributed by atoms with Crippen LogP contribution in [0.3, 0.4) is 0 Å². The van der Waals surface area contributed by atoms with Crippen molar-refractivity contribution >= 4 is 32.4 Å². The standard InChI is InChI=1S/C44H28N4/c1-3-14-30(15-4-1)42-46-43(31-16-5-2-6-17-31)48-44(47-42)35-26-33(25-34(27-35)41-24-23-29-13-8-12-22-40(29)45-41)39-28-32-18-7-9-19-36(32)37-20-10-11-21-38(37)39/h1-28H. The minimum atomic E-state index is 0.608. The summed E-state index contributed by atoms with van der Waals surface area (Å²) in [4.78, 5) is 20.2. The van der Waals surface area contributed by atoms with Crippen LogP contribution in [0.2, 0.25) is 0 Å². The first-order valence-corrected chi connectivity index (χ1v) is 16.1. The summed E-state index contributed by atoms with van der Waals surface area (Å²) in [5.41, 5.74) is 7.83. The van der Waals surface area contributed by atoms with E-state index in [1.165, 1.54) is 21.5 Å². The van der Waals surface area contributed by atoms with Gasteiger partial charge in [0.25, 0.3) is 0 Å². The summed E-state index contributed by atoms with van der Waals surface area (Å²) in [6, 6.07) is 58.8. The molecule has 9 rings (SSSR count). The molecule has 4 heteroatoms. The van der Waals surface area contributed by atoms with Crippen LogP contribution < -0.4 is 0 Å². The fourth-order valence-electron chi connectivity index (χ4n) is 6.52. The zero-order valence-electron chi connectivity index (χ0n) is 26.0. The highest BCUT2D eigenvalue weighted by Gasteiger charge is 2.17. The van der Waals surface area contributed by atoms with Crippen LogP contribution in [0.5, 0.6) is 0 Å². The SMILES string of the molecule is c1ccc(-c2nc(-c3ccccc3)nc(-c3cc(-c4ccc5ccccc5n4)cc(-c4cc5ccccc5c5ccccc45)c3)n2)cc1. The van der Waals surface area contributed by atoms with Crippen molar-refractivity contribution in [2.24, 2.45) is 0 Å². The highest BCUT2D eigenvalue weighted by molar-refractivity contribution is 6.14. The summed E-state index contributed by atoms with van der Waals surface area (Å²) in [7, 11) is 0. The van der Waals surface area contributed by atoms with Crippen LogP contribution in [-0.2, 0) is 0 Å². The van der Waals surface area contributed by atoms with Crippen molar-refractivity contribution in [2.75, 3.05) is 0 Å². The maximum atomic E-state index is 5.10. The van der Waals surface area contributed by atoms with E-state index in [0.717, 1.165) is 50.0 Å². The van der Waals surface area contributed by atoms with Gasteiger partial charge in [-0.05, 0) is 69.1 Å². The molecule has 0 aliphatic heterocycles. The van der Waals surface area contributed by atoms with Gasteiger partial charge in [-0.1, -0.05) is 133 Å². The molecule has 2 heterocycles. The Hall–Kier alpha value is -6.52. The second-order valence-electron chi connectivity index (χ2n) is 11.9. The minimum Gasteiger partial charge on any atom is -0.248 e. The molecule has 0 saturated carbocycles. The smallest absolute Gasteiger partial charge is 0.164 e. The lowest BCUT2D eigenvalue weighted by molar-refractivity contribution is 1.07. The fraction of sp³-hybridized carbons (Fsp3) is 0. The largest absolute Gasteiger partial charge is 0.248 e. The Labute approximate surface area is 278 Å². The topological polar surface area (TPSA) is 51.6 Å². The van der Waals surface area contributed by atoms with Crippen LogP contribution >= 0.6 is 0 Å². The maximum Gasteiger partial charge on any atom is 0.164 e. The lowest BCUT2D eigenvalue weighted by atomic mass is 9.91. The molecule has 0 aliphatic carbocycles. The average molecular weight is 613 g/mol. The Balaban J connectivity index is 1.33. The summed E-state index contributed by atoms with van der Waals surface area (Å²) < 4.78 is 0. The summed E-state index contributed by atoms with van der Waals surface area (Å²) in [6.07, 6.45) is 0. The monoisotopic (exact) mass is 612 g/mol. The van der Waals surface area contributed by atoms with E-state index in [9.17, 15) is 0 Å². The van der Waals surface area contributed by atoms with Crippen molar-refractivity contribution in [2.45, 2.75) is 0 Å². The van der Waals surface area contributed by atoms with Crippen LogP contribution in [0.4, 0.5) is 0 Å². The number of rotatable bonds is 5. The number of benzene rings is 7. The van der Waals surface area contributed by atoms with E-state index < -0.39 is 0 Å². The molecule has 0 aliphatic rings. The highest BCUT2D eigenvalue weighted by atomic mass is 15.0. The Bertz CT molecular complexity index is 2560. The number of aromatic nitrogens is 4. The van der Waals surface area contributed by atoms with Gasteiger partial charge in [0.05, 0.1) is 11.2 Å². The van der Waals surface area contributed by atoms with E-state index in [1.54, 1.807) is 0 Å². The molecule has 9 aromatic rings. The van der Waals surface area contributed by atoms with Gasteiger partial charge in [-0.15, -0.1) is 0 Å². The lowest BCUT2D eigenvalue weighted by Gasteiger charge is -2.15. The molecule has 0 N–H and O–H groups in total. The van der Waals surface area contributed by atoms with Gasteiger partial charge in [0.1, 0.15) is 0 Å². The van der Waals surface area contributed by atoms with Crippen molar-refractivity contribution < 1.29 is 0 Å². The molecule has 48 heavy (non-hydrogen) atoms. The Morgan fingerprint density at radius 2 is 0.812 bits per heavy atom. The highest BCUT2D eigenvalue weighted by Crippen LogP contribution is 2.39. The summed E-state index contributed by atoms with van der Waals surface area (Å²) >= 11 is 0. The molecule has 0 amide bonds. The summed E-state index contributed by atoms with van der Waals surface area (Å²) in [5, 5.41) is 5.95. The van der Waals surface area contributed by atoms with Gasteiger partial charge in [-0.2, -0.15) is 0 Å². The number of para-hydroxylation sites is 1. The number of pyridine rings is 1. The van der Waals surface area contributed by atoms with E-state index in [-0.39, 0.29) is 0 Å². The number of nitrogens with zero attached hydrogens (tertiary/aromatic N) is 4. The second-order valence-corrected chi connectivity index (χ2v) is 11.9. The molecular weight excluding hydrogens is 585 g/mol. The molecule has 224 valence electrons. The predicted octanol–water partition coefficient (Wildman–Crippen LogP) is 11.1. The number of hydrogen-bond acceptors (Lipinski definition) is 4. The van der Waals surface area contributed by atoms with Crippen LogP contribution in [0.1, 0.15) is 0 Å². The Kier molecular flexibility index (Phi) is 6.76. The first kappa shape index (κ1) is 27.8. The van der Waals surface area contributed by atoms with Crippen LogP contribution in [0, 0.1) is 0 Å². The van der Waals surface area contributed by atoms with Gasteiger partial charge in [0, 0.05) is 27.6 Å². The molecule has 0 atom stereocenters. The van der Waals surface area contributed by atoms with Crippen LogP contribution in [0.15, 0.2) is 170 Å².